The summed E-state index contributed by atoms with van der Waals surface area (Å²) in [6, 6.07) is 8.57. The van der Waals surface area contributed by atoms with Crippen LogP contribution in [0, 0.1) is 13.8 Å². The molecule has 0 saturated carbocycles. The Morgan fingerprint density at radius 1 is 1.16 bits per heavy atom. The summed E-state index contributed by atoms with van der Waals surface area (Å²) in [7, 11) is 0. The SMILES string of the molecule is Cc1ccc2c(c1)CCCN2c1cc(C)nc(Cl)n1. The van der Waals surface area contributed by atoms with Crippen molar-refractivity contribution in [1.82, 2.24) is 9.97 Å². The number of hydrogen-bond donors (Lipinski definition) is 0. The van der Waals surface area contributed by atoms with E-state index in [4.69, 9.17) is 11.6 Å². The Bertz CT molecular complexity index is 605. The lowest BCUT2D eigenvalue weighted by Crippen LogP contribution is -2.25. The van der Waals surface area contributed by atoms with Crippen molar-refractivity contribution in [1.29, 1.82) is 0 Å². The summed E-state index contributed by atoms with van der Waals surface area (Å²) in [5.74, 6) is 0.891. The Morgan fingerprint density at radius 2 is 2.00 bits per heavy atom. The van der Waals surface area contributed by atoms with E-state index in [0.29, 0.717) is 5.28 Å². The molecular formula is C15H16ClN3. The number of aromatic nitrogens is 2. The van der Waals surface area contributed by atoms with Crippen LogP contribution in [0.5, 0.6) is 0 Å². The first-order chi connectivity index (χ1) is 9.13. The van der Waals surface area contributed by atoms with E-state index in [9.17, 15) is 0 Å². The molecule has 0 amide bonds. The number of benzene rings is 1. The van der Waals surface area contributed by atoms with Gasteiger partial charge in [0.2, 0.25) is 5.28 Å². The summed E-state index contributed by atoms with van der Waals surface area (Å²) in [6.07, 6.45) is 2.27. The van der Waals surface area contributed by atoms with Crippen molar-refractivity contribution < 1.29 is 0 Å². The van der Waals surface area contributed by atoms with Gasteiger partial charge in [-0.25, -0.2) is 9.97 Å². The molecule has 0 N–H and O–H groups in total. The zero-order valence-corrected chi connectivity index (χ0v) is 11.9. The first kappa shape index (κ1) is 12.4. The number of anilines is 2. The van der Waals surface area contributed by atoms with Crippen LogP contribution in [0.1, 0.15) is 23.2 Å². The molecular weight excluding hydrogens is 258 g/mol. The lowest BCUT2D eigenvalue weighted by atomic mass is 9.99. The molecule has 0 saturated heterocycles. The van der Waals surface area contributed by atoms with Gasteiger partial charge in [0.05, 0.1) is 0 Å². The van der Waals surface area contributed by atoms with Crippen molar-refractivity contribution in [2.24, 2.45) is 0 Å². The number of rotatable bonds is 1. The van der Waals surface area contributed by atoms with Crippen LogP contribution in [0.4, 0.5) is 11.5 Å². The molecule has 3 nitrogen and oxygen atoms in total. The molecule has 0 spiro atoms. The highest BCUT2D eigenvalue weighted by Crippen LogP contribution is 2.33. The molecule has 0 bridgehead atoms. The van der Waals surface area contributed by atoms with E-state index in [-0.39, 0.29) is 0 Å². The van der Waals surface area contributed by atoms with Crippen molar-refractivity contribution in [3.63, 3.8) is 0 Å². The smallest absolute Gasteiger partial charge is 0.224 e. The van der Waals surface area contributed by atoms with Gasteiger partial charge >= 0.3 is 0 Å². The van der Waals surface area contributed by atoms with Crippen molar-refractivity contribution in [2.75, 3.05) is 11.4 Å². The van der Waals surface area contributed by atoms with Crippen molar-refractivity contribution in [3.05, 3.63) is 46.4 Å². The zero-order chi connectivity index (χ0) is 13.4. The van der Waals surface area contributed by atoms with Crippen molar-refractivity contribution in [2.45, 2.75) is 26.7 Å². The number of hydrogen-bond acceptors (Lipinski definition) is 3. The van der Waals surface area contributed by atoms with Crippen LogP contribution in [0.3, 0.4) is 0 Å². The zero-order valence-electron chi connectivity index (χ0n) is 11.2. The minimum Gasteiger partial charge on any atom is -0.326 e. The van der Waals surface area contributed by atoms with E-state index in [1.165, 1.54) is 16.8 Å². The maximum absolute atomic E-state index is 5.97. The Hall–Kier alpha value is -1.61. The second-order valence-corrected chi connectivity index (χ2v) is 5.36. The van der Waals surface area contributed by atoms with Gasteiger partial charge in [-0.15, -0.1) is 0 Å². The van der Waals surface area contributed by atoms with Gasteiger partial charge in [0, 0.05) is 24.0 Å². The van der Waals surface area contributed by atoms with Crippen LogP contribution < -0.4 is 4.90 Å². The number of fused-ring (bicyclic) bond motifs is 1. The first-order valence-corrected chi connectivity index (χ1v) is 6.89. The van der Waals surface area contributed by atoms with Crippen LogP contribution in [0.25, 0.3) is 0 Å². The molecule has 0 aliphatic carbocycles. The Kier molecular flexibility index (Phi) is 3.15. The molecule has 1 aromatic carbocycles. The van der Waals surface area contributed by atoms with E-state index in [1.54, 1.807) is 0 Å². The van der Waals surface area contributed by atoms with Gasteiger partial charge in [-0.05, 0) is 49.9 Å². The molecule has 4 heteroatoms. The number of halogens is 1. The van der Waals surface area contributed by atoms with Gasteiger partial charge in [-0.1, -0.05) is 17.7 Å². The minimum absolute atomic E-state index is 0.314. The van der Waals surface area contributed by atoms with Gasteiger partial charge in [0.25, 0.3) is 0 Å². The molecule has 2 heterocycles. The fourth-order valence-corrected chi connectivity index (χ4v) is 2.84. The Morgan fingerprint density at radius 3 is 2.79 bits per heavy atom. The van der Waals surface area contributed by atoms with Gasteiger partial charge in [0.15, 0.2) is 0 Å². The van der Waals surface area contributed by atoms with Crippen LogP contribution >= 0.6 is 11.6 Å². The van der Waals surface area contributed by atoms with Crippen LogP contribution in [-0.2, 0) is 6.42 Å². The molecule has 0 fully saturated rings. The van der Waals surface area contributed by atoms with Gasteiger partial charge in [0.1, 0.15) is 5.82 Å². The topological polar surface area (TPSA) is 29.0 Å². The number of aryl methyl sites for hydroxylation is 3. The second-order valence-electron chi connectivity index (χ2n) is 5.02. The Balaban J connectivity index is 2.08. The highest BCUT2D eigenvalue weighted by Gasteiger charge is 2.19. The molecule has 19 heavy (non-hydrogen) atoms. The van der Waals surface area contributed by atoms with E-state index in [2.05, 4.69) is 40.0 Å². The van der Waals surface area contributed by atoms with E-state index < -0.39 is 0 Å². The van der Waals surface area contributed by atoms with Crippen molar-refractivity contribution in [3.8, 4) is 0 Å². The fraction of sp³-hybridized carbons (Fsp3) is 0.333. The summed E-state index contributed by atoms with van der Waals surface area (Å²) in [5, 5.41) is 0.314. The predicted molar refractivity (Wildman–Crippen MR) is 78.3 cm³/mol. The second kappa shape index (κ2) is 4.82. The summed E-state index contributed by atoms with van der Waals surface area (Å²) in [6.45, 7) is 5.05. The maximum Gasteiger partial charge on any atom is 0.224 e. The molecule has 0 unspecified atom stereocenters. The quantitative estimate of drug-likeness (QED) is 0.740. The lowest BCUT2D eigenvalue weighted by Gasteiger charge is -2.30. The first-order valence-electron chi connectivity index (χ1n) is 6.52. The molecule has 3 rings (SSSR count). The van der Waals surface area contributed by atoms with Crippen molar-refractivity contribution >= 4 is 23.1 Å². The van der Waals surface area contributed by atoms with Gasteiger partial charge < -0.3 is 4.90 Å². The standard InChI is InChI=1S/C15H16ClN3/c1-10-5-6-13-12(8-10)4-3-7-19(13)14-9-11(2)17-15(16)18-14/h5-6,8-9H,3-4,7H2,1-2H3. The molecule has 1 aromatic heterocycles. The third-order valence-corrected chi connectivity index (χ3v) is 3.61. The average Bonchev–Trinajstić information content (AvgIpc) is 2.36. The minimum atomic E-state index is 0.314. The maximum atomic E-state index is 5.97. The third-order valence-electron chi connectivity index (χ3n) is 3.44. The third kappa shape index (κ3) is 2.43. The van der Waals surface area contributed by atoms with Crippen LogP contribution in [0.15, 0.2) is 24.3 Å². The van der Waals surface area contributed by atoms with E-state index in [1.807, 2.05) is 13.0 Å². The molecule has 0 atom stereocenters. The summed E-state index contributed by atoms with van der Waals surface area (Å²) < 4.78 is 0. The molecule has 1 aliphatic rings. The lowest BCUT2D eigenvalue weighted by molar-refractivity contribution is 0.757. The molecule has 2 aromatic rings. The van der Waals surface area contributed by atoms with E-state index >= 15 is 0 Å². The highest BCUT2D eigenvalue weighted by atomic mass is 35.5. The summed E-state index contributed by atoms with van der Waals surface area (Å²) in [5.41, 5.74) is 4.83. The highest BCUT2D eigenvalue weighted by molar-refractivity contribution is 6.28. The normalized spacial score (nSPS) is 14.4. The molecule has 98 valence electrons. The van der Waals surface area contributed by atoms with Crippen LogP contribution in [0.2, 0.25) is 5.28 Å². The fourth-order valence-electron chi connectivity index (χ4n) is 2.62. The Labute approximate surface area is 118 Å². The van der Waals surface area contributed by atoms with Crippen LogP contribution in [-0.4, -0.2) is 16.5 Å². The monoisotopic (exact) mass is 273 g/mol. The largest absolute Gasteiger partial charge is 0.326 e. The van der Waals surface area contributed by atoms with Gasteiger partial charge in [-0.3, -0.25) is 0 Å². The summed E-state index contributed by atoms with van der Waals surface area (Å²) >= 11 is 5.97. The number of nitrogens with zero attached hydrogens (tertiary/aromatic N) is 3. The predicted octanol–water partition coefficient (Wildman–Crippen LogP) is 3.83. The molecule has 0 radical (unpaired) electrons. The molecule has 1 aliphatic heterocycles. The summed E-state index contributed by atoms with van der Waals surface area (Å²) in [4.78, 5) is 10.7. The average molecular weight is 274 g/mol. The van der Waals surface area contributed by atoms with E-state index in [0.717, 1.165) is 30.9 Å². The van der Waals surface area contributed by atoms with Gasteiger partial charge in [-0.2, -0.15) is 0 Å².